The highest BCUT2D eigenvalue weighted by Gasteiger charge is 2.15. The monoisotopic (exact) mass is 230 g/mol. The molecule has 0 radical (unpaired) electrons. The number of aliphatic hydroxyl groups excluding tert-OH is 1. The normalized spacial score (nSPS) is 11.9. The van der Waals surface area contributed by atoms with Gasteiger partial charge < -0.3 is 20.3 Å². The van der Waals surface area contributed by atoms with Crippen molar-refractivity contribution >= 4 is 17.7 Å². The molecule has 92 valence electrons. The number of nitrogens with one attached hydrogen (secondary N) is 1. The molecular weight excluding hydrogens is 214 g/mol. The Bertz CT molecular complexity index is 264. The van der Waals surface area contributed by atoms with Gasteiger partial charge in [0.25, 0.3) is 0 Å². The van der Waals surface area contributed by atoms with Gasteiger partial charge in [-0.25, -0.2) is 0 Å². The lowest BCUT2D eigenvalue weighted by Crippen LogP contribution is -2.48. The number of carbonyl (C=O) groups excluding carboxylic acids is 3. The summed E-state index contributed by atoms with van der Waals surface area (Å²) in [5.41, 5.74) is 0. The Balaban J connectivity index is 4.09. The molecule has 0 spiro atoms. The van der Waals surface area contributed by atoms with Crippen LogP contribution < -0.4 is 10.4 Å². The average molecular weight is 230 g/mol. The van der Waals surface area contributed by atoms with Crippen molar-refractivity contribution in [3.8, 4) is 0 Å². The fourth-order valence-electron chi connectivity index (χ4n) is 1.17. The van der Waals surface area contributed by atoms with Crippen molar-refractivity contribution in [2.75, 3.05) is 6.61 Å². The lowest BCUT2D eigenvalue weighted by Gasteiger charge is -2.18. The van der Waals surface area contributed by atoms with Crippen LogP contribution in [0.15, 0.2) is 0 Å². The van der Waals surface area contributed by atoms with E-state index in [1.807, 2.05) is 6.92 Å². The second-order valence-corrected chi connectivity index (χ2v) is 3.42. The minimum atomic E-state index is -1.47. The van der Waals surface area contributed by atoms with Crippen LogP contribution in [0.2, 0.25) is 0 Å². The second-order valence-electron chi connectivity index (χ2n) is 3.42. The maximum Gasteiger partial charge on any atom is 0.227 e. The third kappa shape index (κ3) is 6.13. The maximum atomic E-state index is 11.2. The van der Waals surface area contributed by atoms with E-state index in [9.17, 15) is 19.5 Å². The molecular formula is C10H16NO5-. The van der Waals surface area contributed by atoms with Gasteiger partial charge in [-0.15, -0.1) is 0 Å². The Hall–Kier alpha value is -1.43. The van der Waals surface area contributed by atoms with Gasteiger partial charge in [-0.1, -0.05) is 6.92 Å². The van der Waals surface area contributed by atoms with Gasteiger partial charge in [0.1, 0.15) is 5.78 Å². The van der Waals surface area contributed by atoms with Crippen LogP contribution in [-0.4, -0.2) is 35.4 Å². The summed E-state index contributed by atoms with van der Waals surface area (Å²) in [4.78, 5) is 32.8. The molecule has 0 rings (SSSR count). The summed E-state index contributed by atoms with van der Waals surface area (Å²) >= 11 is 0. The standard InChI is InChI=1S/C10H17NO5/c1-2-3-7(13)6-9(14)11-8(4-5-12)10(15)16/h8,12H,2-6H2,1H3,(H,11,14)(H,15,16)/p-1/t8-/m0/s1. The molecule has 2 N–H and O–H groups in total. The van der Waals surface area contributed by atoms with Crippen LogP contribution in [0.3, 0.4) is 0 Å². The fourth-order valence-corrected chi connectivity index (χ4v) is 1.17. The number of aliphatic carboxylic acids is 1. The van der Waals surface area contributed by atoms with Gasteiger partial charge in [-0.3, -0.25) is 9.59 Å². The number of carboxylic acids is 1. The van der Waals surface area contributed by atoms with Gasteiger partial charge in [-0.05, 0) is 12.8 Å². The summed E-state index contributed by atoms with van der Waals surface area (Å²) in [5, 5.41) is 21.2. The molecule has 0 aromatic carbocycles. The molecule has 0 saturated heterocycles. The Morgan fingerprint density at radius 1 is 1.38 bits per heavy atom. The van der Waals surface area contributed by atoms with Gasteiger partial charge in [0.2, 0.25) is 5.91 Å². The van der Waals surface area contributed by atoms with Gasteiger partial charge in [-0.2, -0.15) is 0 Å². The SMILES string of the molecule is CCCC(=O)CC(=O)N[C@@H](CCO)C(=O)[O-]. The van der Waals surface area contributed by atoms with Crippen LogP contribution in [0.25, 0.3) is 0 Å². The zero-order valence-corrected chi connectivity index (χ0v) is 9.19. The molecule has 0 aromatic rings. The van der Waals surface area contributed by atoms with Crippen molar-refractivity contribution < 1.29 is 24.6 Å². The van der Waals surface area contributed by atoms with Crippen molar-refractivity contribution in [3.63, 3.8) is 0 Å². The molecule has 1 amide bonds. The third-order valence-corrected chi connectivity index (χ3v) is 1.92. The van der Waals surface area contributed by atoms with E-state index in [1.54, 1.807) is 0 Å². The molecule has 1 atom stereocenters. The molecule has 0 fully saturated rings. The van der Waals surface area contributed by atoms with Crippen LogP contribution >= 0.6 is 0 Å². The first-order valence-electron chi connectivity index (χ1n) is 5.14. The van der Waals surface area contributed by atoms with E-state index in [0.717, 1.165) is 0 Å². The fraction of sp³-hybridized carbons (Fsp3) is 0.700. The quantitative estimate of drug-likeness (QED) is 0.486. The van der Waals surface area contributed by atoms with E-state index < -0.39 is 17.9 Å². The Morgan fingerprint density at radius 2 is 2.00 bits per heavy atom. The predicted octanol–water partition coefficient (Wildman–Crippen LogP) is -1.64. The van der Waals surface area contributed by atoms with Crippen LogP contribution in [-0.2, 0) is 14.4 Å². The van der Waals surface area contributed by atoms with Crippen molar-refractivity contribution in [2.24, 2.45) is 0 Å². The zero-order chi connectivity index (χ0) is 12.6. The number of carbonyl (C=O) groups is 3. The number of hydrogen-bond donors (Lipinski definition) is 2. The van der Waals surface area contributed by atoms with Gasteiger partial charge in [0.05, 0.1) is 18.4 Å². The van der Waals surface area contributed by atoms with Crippen molar-refractivity contribution in [2.45, 2.75) is 38.6 Å². The van der Waals surface area contributed by atoms with Crippen molar-refractivity contribution in [1.29, 1.82) is 0 Å². The number of carboxylic acid groups (broad SMARTS) is 1. The second kappa shape index (κ2) is 7.81. The van der Waals surface area contributed by atoms with Gasteiger partial charge in [0, 0.05) is 13.0 Å². The first kappa shape index (κ1) is 14.6. The van der Waals surface area contributed by atoms with Gasteiger partial charge in [0.15, 0.2) is 0 Å². The van der Waals surface area contributed by atoms with E-state index in [0.29, 0.717) is 12.8 Å². The summed E-state index contributed by atoms with van der Waals surface area (Å²) in [6.07, 6.45) is 0.481. The molecule has 0 aliphatic carbocycles. The smallest absolute Gasteiger partial charge is 0.227 e. The summed E-state index contributed by atoms with van der Waals surface area (Å²) in [7, 11) is 0. The molecule has 0 aliphatic heterocycles. The average Bonchev–Trinajstić information content (AvgIpc) is 2.16. The van der Waals surface area contributed by atoms with Crippen LogP contribution in [0.4, 0.5) is 0 Å². The Kier molecular flexibility index (Phi) is 7.11. The Labute approximate surface area is 93.6 Å². The lowest BCUT2D eigenvalue weighted by molar-refractivity contribution is -0.308. The predicted molar refractivity (Wildman–Crippen MR) is 53.2 cm³/mol. The summed E-state index contributed by atoms with van der Waals surface area (Å²) < 4.78 is 0. The molecule has 0 aromatic heterocycles. The largest absolute Gasteiger partial charge is 0.548 e. The minimum Gasteiger partial charge on any atom is -0.548 e. The van der Waals surface area contributed by atoms with E-state index in [2.05, 4.69) is 5.32 Å². The minimum absolute atomic E-state index is 0.129. The highest BCUT2D eigenvalue weighted by Crippen LogP contribution is 1.96. The number of amides is 1. The molecule has 0 unspecified atom stereocenters. The highest BCUT2D eigenvalue weighted by molar-refractivity contribution is 5.99. The molecule has 0 bridgehead atoms. The van der Waals surface area contributed by atoms with E-state index in [4.69, 9.17) is 5.11 Å². The first-order chi connectivity index (χ1) is 7.51. The summed E-state index contributed by atoms with van der Waals surface area (Å²) in [6.45, 7) is 1.44. The first-order valence-corrected chi connectivity index (χ1v) is 5.14. The summed E-state index contributed by atoms with van der Waals surface area (Å²) in [6, 6.07) is -1.24. The van der Waals surface area contributed by atoms with Crippen LogP contribution in [0.5, 0.6) is 0 Å². The third-order valence-electron chi connectivity index (χ3n) is 1.92. The summed E-state index contributed by atoms with van der Waals surface area (Å²) in [5.74, 6) is -2.35. The zero-order valence-electron chi connectivity index (χ0n) is 9.19. The number of rotatable bonds is 8. The number of aliphatic hydroxyl groups is 1. The topological polar surface area (TPSA) is 107 Å². The lowest BCUT2D eigenvalue weighted by atomic mass is 10.1. The maximum absolute atomic E-state index is 11.2. The van der Waals surface area contributed by atoms with Crippen LogP contribution in [0, 0.1) is 0 Å². The van der Waals surface area contributed by atoms with E-state index >= 15 is 0 Å². The molecule has 0 saturated carbocycles. The van der Waals surface area contributed by atoms with E-state index in [-0.39, 0.29) is 25.2 Å². The molecule has 16 heavy (non-hydrogen) atoms. The van der Waals surface area contributed by atoms with E-state index in [1.165, 1.54) is 0 Å². The molecule has 6 nitrogen and oxygen atoms in total. The van der Waals surface area contributed by atoms with Crippen molar-refractivity contribution in [3.05, 3.63) is 0 Å². The highest BCUT2D eigenvalue weighted by atomic mass is 16.4. The van der Waals surface area contributed by atoms with Crippen LogP contribution in [0.1, 0.15) is 32.6 Å². The van der Waals surface area contributed by atoms with Gasteiger partial charge >= 0.3 is 0 Å². The number of hydrogen-bond acceptors (Lipinski definition) is 5. The molecule has 0 aliphatic rings. The molecule has 0 heterocycles. The number of Topliss-reactive ketones (excluding diaryl/α,β-unsaturated/α-hetero) is 1. The Morgan fingerprint density at radius 3 is 2.44 bits per heavy atom. The number of ketones is 1. The van der Waals surface area contributed by atoms with Crippen molar-refractivity contribution in [1.82, 2.24) is 5.32 Å². The molecule has 6 heteroatoms.